The van der Waals surface area contributed by atoms with Crippen molar-refractivity contribution in [2.24, 2.45) is 11.3 Å². The number of hydrogen-bond acceptors (Lipinski definition) is 5. The molecule has 0 saturated carbocycles. The fourth-order valence-corrected chi connectivity index (χ4v) is 2.86. The normalized spacial score (nSPS) is 23.7. The molecule has 3 atom stereocenters. The molecule has 5 heteroatoms. The van der Waals surface area contributed by atoms with Gasteiger partial charge in [-0.2, -0.15) is 0 Å². The lowest BCUT2D eigenvalue weighted by molar-refractivity contribution is -0.152. The number of carbonyl (C=O) groups is 2. The third-order valence-corrected chi connectivity index (χ3v) is 4.83. The van der Waals surface area contributed by atoms with Crippen molar-refractivity contribution in [1.82, 2.24) is 0 Å². The molecule has 0 aliphatic carbocycles. The van der Waals surface area contributed by atoms with Crippen LogP contribution in [0.1, 0.15) is 68.2 Å². The van der Waals surface area contributed by atoms with Crippen molar-refractivity contribution in [3.63, 3.8) is 0 Å². The van der Waals surface area contributed by atoms with Crippen molar-refractivity contribution in [2.75, 3.05) is 6.61 Å². The standard InChI is InChI=1S/C21H34O5/c1-9-13(3)17(22)14(4)11-21(8)18(23)15(16(10-2)26-21)12-25-19(24)20(5,6)7/h11,13,17,22H,9-10,12H2,1-8H3/b14-11+/t13-,17+,21?/m0/s1. The Labute approximate surface area is 157 Å². The highest BCUT2D eigenvalue weighted by Gasteiger charge is 2.44. The number of aliphatic hydroxyl groups is 1. The summed E-state index contributed by atoms with van der Waals surface area (Å²) in [6.45, 7) is 14.6. The van der Waals surface area contributed by atoms with Gasteiger partial charge in [0, 0.05) is 6.42 Å². The highest BCUT2D eigenvalue weighted by Crippen LogP contribution is 2.35. The van der Waals surface area contributed by atoms with Crippen LogP contribution in [-0.2, 0) is 19.1 Å². The van der Waals surface area contributed by atoms with Crippen molar-refractivity contribution in [2.45, 2.75) is 79.9 Å². The van der Waals surface area contributed by atoms with Crippen LogP contribution in [0.5, 0.6) is 0 Å². The van der Waals surface area contributed by atoms with Crippen LogP contribution in [0, 0.1) is 11.3 Å². The fraction of sp³-hybridized carbons (Fsp3) is 0.714. The van der Waals surface area contributed by atoms with Crippen LogP contribution >= 0.6 is 0 Å². The molecule has 148 valence electrons. The van der Waals surface area contributed by atoms with Gasteiger partial charge in [-0.15, -0.1) is 0 Å². The minimum atomic E-state index is -1.17. The maximum atomic E-state index is 13.0. The molecule has 0 amide bonds. The van der Waals surface area contributed by atoms with Crippen molar-refractivity contribution < 1.29 is 24.2 Å². The van der Waals surface area contributed by atoms with Gasteiger partial charge in [-0.05, 0) is 52.2 Å². The minimum absolute atomic E-state index is 0.0888. The zero-order chi connectivity index (χ0) is 20.3. The molecule has 0 aromatic carbocycles. The average molecular weight is 366 g/mol. The molecule has 0 radical (unpaired) electrons. The van der Waals surface area contributed by atoms with E-state index in [4.69, 9.17) is 9.47 Å². The summed E-state index contributed by atoms with van der Waals surface area (Å²) in [4.78, 5) is 25.0. The molecule has 0 bridgehead atoms. The van der Waals surface area contributed by atoms with E-state index in [0.29, 0.717) is 23.3 Å². The van der Waals surface area contributed by atoms with Crippen LogP contribution in [0.2, 0.25) is 0 Å². The second kappa shape index (κ2) is 8.38. The van der Waals surface area contributed by atoms with E-state index < -0.39 is 17.1 Å². The Bertz CT molecular complexity index is 608. The number of carbonyl (C=O) groups excluding carboxylic acids is 2. The predicted octanol–water partition coefficient (Wildman–Crippen LogP) is 3.95. The largest absolute Gasteiger partial charge is 0.479 e. The first kappa shape index (κ1) is 22.4. The highest BCUT2D eigenvalue weighted by molar-refractivity contribution is 6.06. The van der Waals surface area contributed by atoms with Crippen LogP contribution in [0.15, 0.2) is 23.0 Å². The number of hydrogen-bond donors (Lipinski definition) is 1. The number of Topliss-reactive ketones (excluding diaryl/α,β-unsaturated/α-hetero) is 1. The van der Waals surface area contributed by atoms with Crippen LogP contribution in [-0.4, -0.2) is 35.2 Å². The van der Waals surface area contributed by atoms with E-state index in [1.807, 2.05) is 27.7 Å². The van der Waals surface area contributed by atoms with E-state index in [9.17, 15) is 14.7 Å². The Hall–Kier alpha value is -1.62. The molecular weight excluding hydrogens is 332 g/mol. The Balaban J connectivity index is 3.01. The summed E-state index contributed by atoms with van der Waals surface area (Å²) in [6, 6.07) is 0. The molecule has 1 N–H and O–H groups in total. The number of rotatable bonds is 7. The summed E-state index contributed by atoms with van der Waals surface area (Å²) < 4.78 is 11.3. The molecule has 5 nitrogen and oxygen atoms in total. The third-order valence-electron chi connectivity index (χ3n) is 4.83. The van der Waals surface area contributed by atoms with E-state index in [-0.39, 0.29) is 24.3 Å². The first-order valence-corrected chi connectivity index (χ1v) is 9.37. The molecule has 1 unspecified atom stereocenters. The van der Waals surface area contributed by atoms with Crippen molar-refractivity contribution in [3.8, 4) is 0 Å². The van der Waals surface area contributed by atoms with Gasteiger partial charge in [0.1, 0.15) is 12.4 Å². The molecule has 1 rings (SSSR count). The monoisotopic (exact) mass is 366 g/mol. The third kappa shape index (κ3) is 4.97. The topological polar surface area (TPSA) is 72.8 Å². The SMILES string of the molecule is CCC1=C(COC(=O)C(C)(C)C)C(=O)C(C)(/C=C(\C)[C@H](O)[C@@H](C)CC)O1. The average Bonchev–Trinajstić information content (AvgIpc) is 2.80. The summed E-state index contributed by atoms with van der Waals surface area (Å²) in [5, 5.41) is 10.4. The maximum Gasteiger partial charge on any atom is 0.311 e. The van der Waals surface area contributed by atoms with Gasteiger partial charge in [-0.3, -0.25) is 9.59 Å². The van der Waals surface area contributed by atoms with Gasteiger partial charge in [0.2, 0.25) is 5.78 Å². The maximum absolute atomic E-state index is 13.0. The molecule has 0 aromatic heterocycles. The first-order valence-electron chi connectivity index (χ1n) is 9.37. The van der Waals surface area contributed by atoms with Crippen LogP contribution in [0.25, 0.3) is 0 Å². The van der Waals surface area contributed by atoms with Crippen LogP contribution < -0.4 is 0 Å². The Morgan fingerprint density at radius 2 is 1.92 bits per heavy atom. The molecule has 0 aromatic rings. The summed E-state index contributed by atoms with van der Waals surface area (Å²) in [6.07, 6.45) is 2.44. The van der Waals surface area contributed by atoms with Gasteiger partial charge in [0.05, 0.1) is 17.1 Å². The second-order valence-electron chi connectivity index (χ2n) is 8.34. The summed E-state index contributed by atoms with van der Waals surface area (Å²) in [5.41, 5.74) is -0.698. The van der Waals surface area contributed by atoms with Gasteiger partial charge in [-0.1, -0.05) is 27.2 Å². The molecule has 0 saturated heterocycles. The molecule has 1 aliphatic rings. The fourth-order valence-electron chi connectivity index (χ4n) is 2.86. The highest BCUT2D eigenvalue weighted by atomic mass is 16.5. The van der Waals surface area contributed by atoms with Gasteiger partial charge in [0.15, 0.2) is 5.60 Å². The zero-order valence-corrected chi connectivity index (χ0v) is 17.4. The number of allylic oxidation sites excluding steroid dienone is 1. The van der Waals surface area contributed by atoms with Gasteiger partial charge in [0.25, 0.3) is 0 Å². The van der Waals surface area contributed by atoms with Crippen LogP contribution in [0.4, 0.5) is 0 Å². The first-order chi connectivity index (χ1) is 11.9. The van der Waals surface area contributed by atoms with Gasteiger partial charge >= 0.3 is 5.97 Å². The zero-order valence-electron chi connectivity index (χ0n) is 17.4. The molecule has 1 heterocycles. The van der Waals surface area contributed by atoms with E-state index in [1.54, 1.807) is 33.8 Å². The van der Waals surface area contributed by atoms with E-state index in [2.05, 4.69) is 0 Å². The second-order valence-corrected chi connectivity index (χ2v) is 8.34. The predicted molar refractivity (Wildman–Crippen MR) is 101 cm³/mol. The Morgan fingerprint density at radius 1 is 1.35 bits per heavy atom. The summed E-state index contributed by atoms with van der Waals surface area (Å²) in [5.74, 6) is 0.0611. The minimum Gasteiger partial charge on any atom is -0.479 e. The van der Waals surface area contributed by atoms with Gasteiger partial charge in [-0.25, -0.2) is 0 Å². The number of aliphatic hydroxyl groups excluding tert-OH is 1. The molecular formula is C21H34O5. The quantitative estimate of drug-likeness (QED) is 0.545. The Morgan fingerprint density at radius 3 is 2.38 bits per heavy atom. The molecule has 1 aliphatic heterocycles. The lowest BCUT2D eigenvalue weighted by Gasteiger charge is -2.24. The van der Waals surface area contributed by atoms with Gasteiger partial charge < -0.3 is 14.6 Å². The number of esters is 1. The summed E-state index contributed by atoms with van der Waals surface area (Å²) >= 11 is 0. The molecule has 26 heavy (non-hydrogen) atoms. The lowest BCUT2D eigenvalue weighted by Crippen LogP contribution is -2.34. The van der Waals surface area contributed by atoms with Crippen molar-refractivity contribution in [1.29, 1.82) is 0 Å². The van der Waals surface area contributed by atoms with Crippen molar-refractivity contribution in [3.05, 3.63) is 23.0 Å². The van der Waals surface area contributed by atoms with E-state index in [1.165, 1.54) is 0 Å². The van der Waals surface area contributed by atoms with Crippen molar-refractivity contribution >= 4 is 11.8 Å². The number of ether oxygens (including phenoxy) is 2. The summed E-state index contributed by atoms with van der Waals surface area (Å²) in [7, 11) is 0. The van der Waals surface area contributed by atoms with Crippen LogP contribution in [0.3, 0.4) is 0 Å². The van der Waals surface area contributed by atoms with E-state index in [0.717, 1.165) is 6.42 Å². The lowest BCUT2D eigenvalue weighted by atomic mass is 9.89. The van der Waals surface area contributed by atoms with E-state index >= 15 is 0 Å². The Kier molecular flexibility index (Phi) is 7.23. The molecule has 0 spiro atoms. The molecule has 0 fully saturated rings. The smallest absolute Gasteiger partial charge is 0.311 e. The number of ketones is 1.